The molecule has 0 atom stereocenters. The van der Waals surface area contributed by atoms with Crippen molar-refractivity contribution >= 4 is 6.09 Å². The summed E-state index contributed by atoms with van der Waals surface area (Å²) in [4.78, 5) is 10.8. The Morgan fingerprint density at radius 2 is 2.09 bits per heavy atom. The summed E-state index contributed by atoms with van der Waals surface area (Å²) >= 11 is 0. The largest absolute Gasteiger partial charge is 0.443 e. The molecule has 5 heteroatoms. The van der Waals surface area contributed by atoms with Gasteiger partial charge >= 0.3 is 6.09 Å². The zero-order valence-corrected chi connectivity index (χ0v) is 7.00. The van der Waals surface area contributed by atoms with E-state index in [2.05, 4.69) is 0 Å². The maximum Gasteiger partial charge on any atom is 0.426 e. The third kappa shape index (κ3) is 4.58. The van der Waals surface area contributed by atoms with E-state index in [1.165, 1.54) is 0 Å². The van der Waals surface area contributed by atoms with Crippen molar-refractivity contribution in [1.29, 1.82) is 0 Å². The molecule has 0 unspecified atom stereocenters. The van der Waals surface area contributed by atoms with Crippen molar-refractivity contribution in [3.8, 4) is 0 Å². The standard InChI is InChI=1S/C6H14N2O3/c1-6(2,3)11-5(10)8(7)4-9/h9H,4,7H2,1-3H3. The summed E-state index contributed by atoms with van der Waals surface area (Å²) in [5.41, 5.74) is -0.579. The Labute approximate surface area is 65.7 Å². The summed E-state index contributed by atoms with van der Waals surface area (Å²) in [6.45, 7) is 4.61. The number of carbonyl (C=O) groups is 1. The fourth-order valence-corrected chi connectivity index (χ4v) is 0.378. The summed E-state index contributed by atoms with van der Waals surface area (Å²) in [5, 5.41) is 8.99. The van der Waals surface area contributed by atoms with Crippen LogP contribution >= 0.6 is 0 Å². The van der Waals surface area contributed by atoms with Crippen molar-refractivity contribution in [2.45, 2.75) is 26.4 Å². The van der Waals surface area contributed by atoms with E-state index in [4.69, 9.17) is 15.7 Å². The lowest BCUT2D eigenvalue weighted by molar-refractivity contribution is 0.00593. The molecule has 1 amide bonds. The van der Waals surface area contributed by atoms with Crippen LogP contribution in [0.15, 0.2) is 0 Å². The lowest BCUT2D eigenvalue weighted by atomic mass is 10.2. The minimum Gasteiger partial charge on any atom is -0.443 e. The first-order valence-electron chi connectivity index (χ1n) is 3.23. The summed E-state index contributed by atoms with van der Waals surface area (Å²) in [6, 6.07) is 0. The van der Waals surface area contributed by atoms with Crippen molar-refractivity contribution < 1.29 is 14.6 Å². The molecule has 5 nitrogen and oxygen atoms in total. The van der Waals surface area contributed by atoms with Crippen LogP contribution in [0.3, 0.4) is 0 Å². The highest BCUT2D eigenvalue weighted by molar-refractivity contribution is 5.67. The second-order valence-electron chi connectivity index (χ2n) is 3.09. The van der Waals surface area contributed by atoms with Gasteiger partial charge in [-0.25, -0.2) is 15.6 Å². The van der Waals surface area contributed by atoms with Crippen molar-refractivity contribution in [3.63, 3.8) is 0 Å². The average Bonchev–Trinajstić information content (AvgIpc) is 1.82. The van der Waals surface area contributed by atoms with Crippen LogP contribution in [0.2, 0.25) is 0 Å². The van der Waals surface area contributed by atoms with Gasteiger partial charge in [-0.15, -0.1) is 0 Å². The van der Waals surface area contributed by atoms with Crippen LogP contribution in [0.5, 0.6) is 0 Å². The molecule has 0 aliphatic rings. The highest BCUT2D eigenvalue weighted by Crippen LogP contribution is 2.07. The molecule has 0 saturated carbocycles. The molecule has 0 aromatic carbocycles. The Kier molecular flexibility index (Phi) is 3.28. The molecular weight excluding hydrogens is 148 g/mol. The van der Waals surface area contributed by atoms with Gasteiger partial charge < -0.3 is 9.84 Å². The molecule has 3 N–H and O–H groups in total. The van der Waals surface area contributed by atoms with E-state index in [0.717, 1.165) is 0 Å². The maximum atomic E-state index is 10.8. The van der Waals surface area contributed by atoms with E-state index in [-0.39, 0.29) is 0 Å². The van der Waals surface area contributed by atoms with Crippen LogP contribution < -0.4 is 5.84 Å². The second-order valence-corrected chi connectivity index (χ2v) is 3.09. The number of hydrogen-bond acceptors (Lipinski definition) is 4. The first kappa shape index (κ1) is 10.2. The third-order valence-electron chi connectivity index (χ3n) is 0.780. The normalized spacial score (nSPS) is 11.0. The maximum absolute atomic E-state index is 10.8. The van der Waals surface area contributed by atoms with E-state index in [9.17, 15) is 4.79 Å². The van der Waals surface area contributed by atoms with E-state index >= 15 is 0 Å². The van der Waals surface area contributed by atoms with Crippen LogP contribution in [-0.2, 0) is 4.74 Å². The molecule has 0 saturated heterocycles. The Morgan fingerprint density at radius 3 is 2.36 bits per heavy atom. The number of nitrogens with two attached hydrogens (primary N) is 1. The summed E-state index contributed by atoms with van der Waals surface area (Å²) in [7, 11) is 0. The van der Waals surface area contributed by atoms with Gasteiger partial charge in [-0.2, -0.15) is 0 Å². The molecule has 0 aliphatic heterocycles. The molecule has 0 bridgehead atoms. The summed E-state index contributed by atoms with van der Waals surface area (Å²) < 4.78 is 4.79. The van der Waals surface area contributed by atoms with Crippen LogP contribution in [0.4, 0.5) is 4.79 Å². The second kappa shape index (κ2) is 3.54. The zero-order valence-electron chi connectivity index (χ0n) is 7.00. The van der Waals surface area contributed by atoms with E-state index in [1.54, 1.807) is 20.8 Å². The summed E-state index contributed by atoms with van der Waals surface area (Å²) in [5.74, 6) is 5.03. The molecule has 0 aliphatic carbocycles. The molecule has 0 aromatic heterocycles. The van der Waals surface area contributed by atoms with Gasteiger partial charge in [0.15, 0.2) is 0 Å². The quantitative estimate of drug-likeness (QED) is 0.247. The van der Waals surface area contributed by atoms with Gasteiger partial charge in [-0.05, 0) is 20.8 Å². The number of aliphatic hydroxyl groups is 1. The molecule has 11 heavy (non-hydrogen) atoms. The first-order chi connectivity index (χ1) is 4.87. The molecular formula is C6H14N2O3. The van der Waals surface area contributed by atoms with Gasteiger partial charge in [0.2, 0.25) is 0 Å². The first-order valence-corrected chi connectivity index (χ1v) is 3.23. The van der Waals surface area contributed by atoms with E-state index < -0.39 is 18.4 Å². The molecule has 0 rings (SSSR count). The topological polar surface area (TPSA) is 75.8 Å². The predicted octanol–water partition coefficient (Wildman–Crippen LogP) is 0.0470. The lowest BCUT2D eigenvalue weighted by Gasteiger charge is -2.22. The van der Waals surface area contributed by atoms with Crippen LogP contribution in [-0.4, -0.2) is 28.5 Å². The van der Waals surface area contributed by atoms with Crippen molar-refractivity contribution in [1.82, 2.24) is 5.01 Å². The molecule has 0 heterocycles. The third-order valence-corrected chi connectivity index (χ3v) is 0.780. The fraction of sp³-hybridized carbons (Fsp3) is 0.833. The smallest absolute Gasteiger partial charge is 0.426 e. The number of nitrogens with zero attached hydrogens (tertiary/aromatic N) is 1. The van der Waals surface area contributed by atoms with Crippen LogP contribution in [0.25, 0.3) is 0 Å². The minimum atomic E-state index is -0.736. The highest BCUT2D eigenvalue weighted by atomic mass is 16.6. The number of rotatable bonds is 1. The lowest BCUT2D eigenvalue weighted by Crippen LogP contribution is -2.41. The van der Waals surface area contributed by atoms with Crippen molar-refractivity contribution in [3.05, 3.63) is 0 Å². The van der Waals surface area contributed by atoms with Gasteiger partial charge in [-0.1, -0.05) is 0 Å². The predicted molar refractivity (Wildman–Crippen MR) is 39.3 cm³/mol. The SMILES string of the molecule is CC(C)(C)OC(=O)N(N)CO. The average molecular weight is 162 g/mol. The highest BCUT2D eigenvalue weighted by Gasteiger charge is 2.18. The molecule has 0 radical (unpaired) electrons. The monoisotopic (exact) mass is 162 g/mol. The Morgan fingerprint density at radius 1 is 1.64 bits per heavy atom. The van der Waals surface area contributed by atoms with E-state index in [0.29, 0.717) is 5.01 Å². The number of aliphatic hydroxyl groups excluding tert-OH is 1. The number of hydrogen-bond donors (Lipinski definition) is 2. The zero-order chi connectivity index (χ0) is 9.07. The molecule has 66 valence electrons. The minimum absolute atomic E-state index is 0.547. The molecule has 0 spiro atoms. The Bertz CT molecular complexity index is 141. The van der Waals surface area contributed by atoms with Crippen molar-refractivity contribution in [2.24, 2.45) is 5.84 Å². The fourth-order valence-electron chi connectivity index (χ4n) is 0.378. The van der Waals surface area contributed by atoms with Crippen LogP contribution in [0, 0.1) is 0 Å². The number of amides is 1. The van der Waals surface area contributed by atoms with Crippen molar-refractivity contribution in [2.75, 3.05) is 6.73 Å². The summed E-state index contributed by atoms with van der Waals surface area (Å²) in [6.07, 6.45) is -0.736. The number of carbonyl (C=O) groups excluding carboxylic acids is 1. The molecule has 0 aromatic rings. The molecule has 0 fully saturated rings. The van der Waals surface area contributed by atoms with Crippen LogP contribution in [0.1, 0.15) is 20.8 Å². The van der Waals surface area contributed by atoms with Gasteiger partial charge in [-0.3, -0.25) is 0 Å². The van der Waals surface area contributed by atoms with Gasteiger partial charge in [0.1, 0.15) is 12.3 Å². The van der Waals surface area contributed by atoms with Gasteiger partial charge in [0.05, 0.1) is 0 Å². The van der Waals surface area contributed by atoms with Gasteiger partial charge in [0.25, 0.3) is 0 Å². The number of ether oxygens (including phenoxy) is 1. The Hall–Kier alpha value is -0.810. The van der Waals surface area contributed by atoms with Gasteiger partial charge in [0, 0.05) is 0 Å². The van der Waals surface area contributed by atoms with E-state index in [1.807, 2.05) is 0 Å². The number of hydrazine groups is 1. The Balaban J connectivity index is 3.88.